The topological polar surface area (TPSA) is 57.2 Å². The van der Waals surface area contributed by atoms with Crippen molar-refractivity contribution in [2.24, 2.45) is 0 Å². The fourth-order valence-corrected chi connectivity index (χ4v) is 3.92. The summed E-state index contributed by atoms with van der Waals surface area (Å²) in [4.78, 5) is 0. The summed E-state index contributed by atoms with van der Waals surface area (Å²) in [5.41, 5.74) is 0. The molecule has 5 heteroatoms. The van der Waals surface area contributed by atoms with Crippen molar-refractivity contribution in [2.45, 2.75) is 130 Å². The first-order valence-electron chi connectivity index (χ1n) is 14.6. The summed E-state index contributed by atoms with van der Waals surface area (Å²) in [6.07, 6.45) is 17.9. The highest BCUT2D eigenvalue weighted by Gasteiger charge is 2.24. The smallest absolute Gasteiger partial charge is 0.211 e. The molecule has 0 aromatic heterocycles. The van der Waals surface area contributed by atoms with Crippen LogP contribution >= 0.6 is 0 Å². The van der Waals surface area contributed by atoms with Crippen molar-refractivity contribution in [1.29, 1.82) is 0 Å². The van der Waals surface area contributed by atoms with E-state index in [0.29, 0.717) is 49.4 Å². The zero-order chi connectivity index (χ0) is 25.6. The van der Waals surface area contributed by atoms with E-state index in [0.717, 1.165) is 51.4 Å². The zero-order valence-electron chi connectivity index (χ0n) is 23.3. The molecule has 0 saturated carbocycles. The Morgan fingerprint density at radius 2 is 0.829 bits per heavy atom. The van der Waals surface area contributed by atoms with E-state index < -0.39 is 0 Å². The van der Waals surface area contributed by atoms with Gasteiger partial charge in [-0.2, -0.15) is 0 Å². The number of ether oxygens (including phenoxy) is 4. The monoisotopic (exact) mass is 494 g/mol. The van der Waals surface area contributed by atoms with Crippen LogP contribution in [0, 0.1) is 0 Å². The van der Waals surface area contributed by atoms with E-state index >= 15 is 0 Å². The van der Waals surface area contributed by atoms with Crippen molar-refractivity contribution < 1.29 is 24.1 Å². The van der Waals surface area contributed by atoms with E-state index in [1.54, 1.807) is 6.07 Å². The van der Waals surface area contributed by atoms with Gasteiger partial charge in [-0.15, -0.1) is 0 Å². The number of rotatable bonds is 24. The molecule has 1 rings (SSSR count). The molecular weight excluding hydrogens is 440 g/mol. The van der Waals surface area contributed by atoms with Crippen molar-refractivity contribution >= 4 is 0 Å². The number of unbranched alkanes of at least 4 members (excludes halogenated alkanes) is 12. The summed E-state index contributed by atoms with van der Waals surface area (Å²) in [6, 6.07) is 1.65. The van der Waals surface area contributed by atoms with Crippen molar-refractivity contribution in [2.75, 3.05) is 26.4 Å². The summed E-state index contributed by atoms with van der Waals surface area (Å²) < 4.78 is 24.7. The minimum absolute atomic E-state index is 0.0611. The highest BCUT2D eigenvalue weighted by molar-refractivity contribution is 5.65. The molecule has 0 atom stereocenters. The lowest BCUT2D eigenvalue weighted by atomic mass is 10.2. The lowest BCUT2D eigenvalue weighted by molar-refractivity contribution is 0.214. The van der Waals surface area contributed by atoms with Gasteiger partial charge in [0.2, 0.25) is 17.2 Å². The molecule has 0 aliphatic rings. The van der Waals surface area contributed by atoms with Gasteiger partial charge in [0.05, 0.1) is 26.4 Å². The van der Waals surface area contributed by atoms with E-state index in [-0.39, 0.29) is 5.75 Å². The standard InChI is InChI=1S/C30H54O5/c1-5-9-13-17-21-32-27-25-26(31)28(33-22-18-14-10-6-2)30(35-24-20-16-12-8-4)29(27)34-23-19-15-11-7-3/h25,31H,5-24H2,1-4H3. The minimum atomic E-state index is 0.0611. The first-order chi connectivity index (χ1) is 17.2. The minimum Gasteiger partial charge on any atom is -0.504 e. The van der Waals surface area contributed by atoms with Crippen LogP contribution < -0.4 is 18.9 Å². The average Bonchev–Trinajstić information content (AvgIpc) is 2.85. The molecular formula is C30H54O5. The molecule has 0 fully saturated rings. The van der Waals surface area contributed by atoms with Crippen LogP contribution in [-0.2, 0) is 0 Å². The zero-order valence-corrected chi connectivity index (χ0v) is 23.3. The van der Waals surface area contributed by atoms with Crippen LogP contribution in [0.4, 0.5) is 0 Å². The quantitative estimate of drug-likeness (QED) is 0.145. The van der Waals surface area contributed by atoms with E-state index in [9.17, 15) is 5.11 Å². The predicted octanol–water partition coefficient (Wildman–Crippen LogP) is 9.23. The maximum atomic E-state index is 10.9. The Kier molecular flexibility index (Phi) is 19.2. The summed E-state index contributed by atoms with van der Waals surface area (Å²) in [5, 5.41) is 10.9. The van der Waals surface area contributed by atoms with Gasteiger partial charge >= 0.3 is 0 Å². The van der Waals surface area contributed by atoms with E-state index in [4.69, 9.17) is 18.9 Å². The van der Waals surface area contributed by atoms with Crippen LogP contribution in [0.5, 0.6) is 28.7 Å². The van der Waals surface area contributed by atoms with Crippen LogP contribution in [0.2, 0.25) is 0 Å². The Bertz CT molecular complexity index is 632. The Morgan fingerprint density at radius 3 is 1.26 bits per heavy atom. The predicted molar refractivity (Wildman–Crippen MR) is 147 cm³/mol. The van der Waals surface area contributed by atoms with E-state index in [1.807, 2.05) is 0 Å². The number of aromatic hydroxyl groups is 1. The summed E-state index contributed by atoms with van der Waals surface area (Å²) in [7, 11) is 0. The normalized spacial score (nSPS) is 11.0. The van der Waals surface area contributed by atoms with Gasteiger partial charge in [-0.3, -0.25) is 0 Å². The number of benzene rings is 1. The Morgan fingerprint density at radius 1 is 0.457 bits per heavy atom. The fourth-order valence-electron chi connectivity index (χ4n) is 3.92. The van der Waals surface area contributed by atoms with Crippen LogP contribution in [0.1, 0.15) is 130 Å². The van der Waals surface area contributed by atoms with E-state index in [2.05, 4.69) is 27.7 Å². The third kappa shape index (κ3) is 13.8. The van der Waals surface area contributed by atoms with Crippen molar-refractivity contribution in [3.8, 4) is 28.7 Å². The Hall–Kier alpha value is -1.78. The Balaban J connectivity index is 3.07. The molecule has 0 spiro atoms. The summed E-state index contributed by atoms with van der Waals surface area (Å²) >= 11 is 0. The van der Waals surface area contributed by atoms with Crippen molar-refractivity contribution in [1.82, 2.24) is 0 Å². The molecule has 35 heavy (non-hydrogen) atoms. The first kappa shape index (κ1) is 31.3. The number of phenolic OH excluding ortho intramolecular Hbond substituents is 1. The molecule has 0 radical (unpaired) electrons. The van der Waals surface area contributed by atoms with Gasteiger partial charge in [-0.25, -0.2) is 0 Å². The van der Waals surface area contributed by atoms with Gasteiger partial charge in [0.15, 0.2) is 11.5 Å². The fraction of sp³-hybridized carbons (Fsp3) is 0.800. The molecule has 0 aliphatic heterocycles. The lowest BCUT2D eigenvalue weighted by Gasteiger charge is -2.21. The highest BCUT2D eigenvalue weighted by Crippen LogP contribution is 2.50. The third-order valence-electron chi connectivity index (χ3n) is 6.13. The molecule has 0 saturated heterocycles. The highest BCUT2D eigenvalue weighted by atomic mass is 16.6. The van der Waals surface area contributed by atoms with Crippen LogP contribution in [-0.4, -0.2) is 31.5 Å². The molecule has 1 aromatic rings. The molecule has 0 unspecified atom stereocenters. The summed E-state index contributed by atoms with van der Waals surface area (Å²) in [6.45, 7) is 11.1. The summed E-state index contributed by atoms with van der Waals surface area (Å²) in [5.74, 6) is 2.08. The van der Waals surface area contributed by atoms with Gasteiger partial charge in [0, 0.05) is 6.07 Å². The Labute approximate surface area is 215 Å². The largest absolute Gasteiger partial charge is 0.504 e. The second-order valence-electron chi connectivity index (χ2n) is 9.52. The molecule has 204 valence electrons. The van der Waals surface area contributed by atoms with Gasteiger partial charge in [0.25, 0.3) is 0 Å². The molecule has 1 aromatic carbocycles. The number of hydrogen-bond acceptors (Lipinski definition) is 5. The van der Waals surface area contributed by atoms with Crippen molar-refractivity contribution in [3.63, 3.8) is 0 Å². The first-order valence-corrected chi connectivity index (χ1v) is 14.6. The molecule has 0 aliphatic carbocycles. The van der Waals surface area contributed by atoms with Gasteiger partial charge < -0.3 is 24.1 Å². The van der Waals surface area contributed by atoms with Crippen LogP contribution in [0.15, 0.2) is 6.07 Å². The van der Waals surface area contributed by atoms with Gasteiger partial charge in [-0.1, -0.05) is 105 Å². The molecule has 0 heterocycles. The maximum Gasteiger partial charge on any atom is 0.211 e. The number of phenols is 1. The lowest BCUT2D eigenvalue weighted by Crippen LogP contribution is -2.09. The molecule has 0 amide bonds. The molecule has 5 nitrogen and oxygen atoms in total. The average molecular weight is 495 g/mol. The maximum absolute atomic E-state index is 10.9. The molecule has 0 bridgehead atoms. The van der Waals surface area contributed by atoms with Crippen LogP contribution in [0.25, 0.3) is 0 Å². The van der Waals surface area contributed by atoms with E-state index in [1.165, 1.54) is 51.4 Å². The second kappa shape index (κ2) is 21.5. The third-order valence-corrected chi connectivity index (χ3v) is 6.13. The van der Waals surface area contributed by atoms with Crippen molar-refractivity contribution in [3.05, 3.63) is 6.07 Å². The van der Waals surface area contributed by atoms with Gasteiger partial charge in [-0.05, 0) is 25.7 Å². The molecule has 1 N–H and O–H groups in total. The SMILES string of the molecule is CCCCCCOc1cc(O)c(OCCCCCC)c(OCCCCCC)c1OCCCCCC. The van der Waals surface area contributed by atoms with Gasteiger partial charge in [0.1, 0.15) is 0 Å². The number of hydrogen-bond donors (Lipinski definition) is 1. The second-order valence-corrected chi connectivity index (χ2v) is 9.52. The van der Waals surface area contributed by atoms with Crippen LogP contribution in [0.3, 0.4) is 0 Å².